The van der Waals surface area contributed by atoms with E-state index in [1.807, 2.05) is 11.8 Å². The molecule has 0 aliphatic heterocycles. The smallest absolute Gasteiger partial charge is 0.313 e. The van der Waals surface area contributed by atoms with E-state index in [1.165, 1.54) is 19.3 Å². The maximum atomic E-state index is 12.7. The van der Waals surface area contributed by atoms with Gasteiger partial charge >= 0.3 is 6.18 Å². The second kappa shape index (κ2) is 5.61. The Morgan fingerprint density at radius 1 is 1.22 bits per heavy atom. The van der Waals surface area contributed by atoms with Gasteiger partial charge in [-0.3, -0.25) is 0 Å². The molecule has 2 atom stereocenters. The Morgan fingerprint density at radius 2 is 1.94 bits per heavy atom. The molecule has 0 aromatic carbocycles. The third-order valence-electron chi connectivity index (χ3n) is 4.55. The molecule has 0 bridgehead atoms. The molecule has 2 unspecified atom stereocenters. The first-order valence-electron chi connectivity index (χ1n) is 6.80. The monoisotopic (exact) mass is 281 g/mol. The normalized spacial score (nSPS) is 32.0. The highest BCUT2D eigenvalue weighted by Gasteiger charge is 2.43. The van der Waals surface area contributed by atoms with Gasteiger partial charge in [0.15, 0.2) is 0 Å². The minimum absolute atomic E-state index is 0.0648. The predicted molar refractivity (Wildman–Crippen MR) is 69.9 cm³/mol. The van der Waals surface area contributed by atoms with Crippen LogP contribution in [0, 0.1) is 5.92 Å². The molecule has 5 heteroatoms. The Labute approximate surface area is 111 Å². The van der Waals surface area contributed by atoms with Crippen molar-refractivity contribution in [3.63, 3.8) is 0 Å². The number of thioether (sulfide) groups is 1. The van der Waals surface area contributed by atoms with Gasteiger partial charge in [-0.1, -0.05) is 12.8 Å². The van der Waals surface area contributed by atoms with Crippen LogP contribution in [0.3, 0.4) is 0 Å². The lowest BCUT2D eigenvalue weighted by Crippen LogP contribution is -2.48. The molecular weight excluding hydrogens is 259 g/mol. The van der Waals surface area contributed by atoms with Crippen LogP contribution in [0.4, 0.5) is 13.2 Å². The van der Waals surface area contributed by atoms with Crippen molar-refractivity contribution in [1.29, 1.82) is 0 Å². The number of hydrogen-bond donors (Lipinski definition) is 1. The van der Waals surface area contributed by atoms with Gasteiger partial charge in [0.1, 0.15) is 0 Å². The topological polar surface area (TPSA) is 12.0 Å². The summed E-state index contributed by atoms with van der Waals surface area (Å²) in [7, 11) is 0. The molecule has 0 aromatic rings. The lowest BCUT2D eigenvalue weighted by molar-refractivity contribution is -0.183. The van der Waals surface area contributed by atoms with E-state index >= 15 is 0 Å². The maximum Gasteiger partial charge on any atom is 0.391 e. The lowest BCUT2D eigenvalue weighted by atomic mass is 9.82. The first kappa shape index (κ1) is 14.5. The molecule has 0 radical (unpaired) electrons. The zero-order valence-electron chi connectivity index (χ0n) is 10.9. The van der Waals surface area contributed by atoms with Crippen LogP contribution in [0.2, 0.25) is 0 Å². The quantitative estimate of drug-likeness (QED) is 0.836. The van der Waals surface area contributed by atoms with Crippen molar-refractivity contribution in [2.45, 2.75) is 61.9 Å². The fourth-order valence-electron chi connectivity index (χ4n) is 3.03. The Bertz CT molecular complexity index is 270. The molecule has 2 rings (SSSR count). The van der Waals surface area contributed by atoms with E-state index in [1.54, 1.807) is 0 Å². The van der Waals surface area contributed by atoms with Crippen molar-refractivity contribution in [2.24, 2.45) is 5.92 Å². The number of alkyl halides is 3. The largest absolute Gasteiger partial charge is 0.391 e. The molecule has 0 spiro atoms. The van der Waals surface area contributed by atoms with Crippen molar-refractivity contribution < 1.29 is 13.2 Å². The molecule has 2 aliphatic carbocycles. The average Bonchev–Trinajstić information content (AvgIpc) is 2.27. The zero-order chi connectivity index (χ0) is 13.2. The van der Waals surface area contributed by atoms with E-state index in [4.69, 9.17) is 0 Å². The Morgan fingerprint density at radius 3 is 2.44 bits per heavy atom. The third-order valence-corrected chi connectivity index (χ3v) is 5.97. The SMILES string of the molecule is CSC1(CNC2CCCC(C(F)(F)F)C2)CCC1. The second-order valence-electron chi connectivity index (χ2n) is 5.72. The number of nitrogens with one attached hydrogen (secondary N) is 1. The standard InChI is InChI=1S/C13H22F3NS/c1-18-12(6-3-7-12)9-17-11-5-2-4-10(8-11)13(14,15)16/h10-11,17H,2-9H2,1H3. The van der Waals surface area contributed by atoms with Gasteiger partial charge in [0.05, 0.1) is 5.92 Å². The van der Waals surface area contributed by atoms with E-state index in [-0.39, 0.29) is 12.5 Å². The number of hydrogen-bond acceptors (Lipinski definition) is 2. The van der Waals surface area contributed by atoms with Crippen molar-refractivity contribution in [3.8, 4) is 0 Å². The van der Waals surface area contributed by atoms with Gasteiger partial charge in [-0.15, -0.1) is 0 Å². The summed E-state index contributed by atoms with van der Waals surface area (Å²) >= 11 is 1.87. The molecule has 2 aliphatic rings. The Kier molecular flexibility index (Phi) is 4.52. The molecule has 2 saturated carbocycles. The van der Waals surface area contributed by atoms with Gasteiger partial charge in [0, 0.05) is 17.3 Å². The summed E-state index contributed by atoms with van der Waals surface area (Å²) in [5, 5.41) is 3.40. The Balaban J connectivity index is 1.79. The summed E-state index contributed by atoms with van der Waals surface area (Å²) in [6.07, 6.45) is 3.97. The maximum absolute atomic E-state index is 12.7. The van der Waals surface area contributed by atoms with E-state index in [2.05, 4.69) is 11.6 Å². The van der Waals surface area contributed by atoms with Gasteiger partial charge in [-0.25, -0.2) is 0 Å². The minimum atomic E-state index is -4.01. The zero-order valence-corrected chi connectivity index (χ0v) is 11.7. The Hall–Kier alpha value is 0.100. The highest BCUT2D eigenvalue weighted by Crippen LogP contribution is 2.43. The van der Waals surface area contributed by atoms with Gasteiger partial charge in [0.2, 0.25) is 0 Å². The van der Waals surface area contributed by atoms with E-state index in [9.17, 15) is 13.2 Å². The third kappa shape index (κ3) is 3.35. The van der Waals surface area contributed by atoms with E-state index in [0.29, 0.717) is 17.6 Å². The molecule has 1 N–H and O–H groups in total. The molecule has 1 nitrogen and oxygen atoms in total. The molecule has 106 valence electrons. The van der Waals surface area contributed by atoms with Gasteiger partial charge < -0.3 is 5.32 Å². The van der Waals surface area contributed by atoms with Crippen molar-refractivity contribution >= 4 is 11.8 Å². The predicted octanol–water partition coefficient (Wildman–Crippen LogP) is 3.98. The molecule has 0 heterocycles. The summed E-state index contributed by atoms with van der Waals surface area (Å²) in [4.78, 5) is 0. The molecule has 0 amide bonds. The minimum Gasteiger partial charge on any atom is -0.313 e. The first-order chi connectivity index (χ1) is 8.45. The first-order valence-corrected chi connectivity index (χ1v) is 8.03. The lowest BCUT2D eigenvalue weighted by Gasteiger charge is -2.42. The fourth-order valence-corrected chi connectivity index (χ4v) is 3.95. The van der Waals surface area contributed by atoms with Gasteiger partial charge in [0.25, 0.3) is 0 Å². The fraction of sp³-hybridized carbons (Fsp3) is 1.00. The highest BCUT2D eigenvalue weighted by molar-refractivity contribution is 8.00. The van der Waals surface area contributed by atoms with Crippen LogP contribution in [-0.4, -0.2) is 29.8 Å². The van der Waals surface area contributed by atoms with E-state index < -0.39 is 12.1 Å². The number of halogens is 3. The molecule has 0 aromatic heterocycles. The summed E-state index contributed by atoms with van der Waals surface area (Å²) in [5.74, 6) is -1.09. The molecule has 18 heavy (non-hydrogen) atoms. The van der Waals surface area contributed by atoms with Crippen LogP contribution >= 0.6 is 11.8 Å². The van der Waals surface area contributed by atoms with Crippen LogP contribution in [0.1, 0.15) is 44.9 Å². The summed E-state index contributed by atoms with van der Waals surface area (Å²) in [5.41, 5.74) is 0. The molecular formula is C13H22F3NS. The van der Waals surface area contributed by atoms with Crippen LogP contribution in [0.15, 0.2) is 0 Å². The van der Waals surface area contributed by atoms with Crippen molar-refractivity contribution in [1.82, 2.24) is 5.32 Å². The van der Waals surface area contributed by atoms with Gasteiger partial charge in [-0.2, -0.15) is 24.9 Å². The summed E-state index contributed by atoms with van der Waals surface area (Å²) in [6.45, 7) is 0.878. The van der Waals surface area contributed by atoms with Crippen LogP contribution in [0.25, 0.3) is 0 Å². The highest BCUT2D eigenvalue weighted by atomic mass is 32.2. The van der Waals surface area contributed by atoms with Gasteiger partial charge in [-0.05, 0) is 38.4 Å². The average molecular weight is 281 g/mol. The van der Waals surface area contributed by atoms with Crippen molar-refractivity contribution in [3.05, 3.63) is 0 Å². The summed E-state index contributed by atoms with van der Waals surface area (Å²) < 4.78 is 38.4. The van der Waals surface area contributed by atoms with E-state index in [0.717, 1.165) is 13.0 Å². The molecule has 2 fully saturated rings. The second-order valence-corrected chi connectivity index (χ2v) is 7.00. The molecule has 0 saturated heterocycles. The van der Waals surface area contributed by atoms with Crippen LogP contribution < -0.4 is 5.32 Å². The van der Waals surface area contributed by atoms with Crippen molar-refractivity contribution in [2.75, 3.05) is 12.8 Å². The van der Waals surface area contributed by atoms with Crippen LogP contribution in [0.5, 0.6) is 0 Å². The number of rotatable bonds is 4. The summed E-state index contributed by atoms with van der Waals surface area (Å²) in [6, 6.07) is 0.0648. The van der Waals surface area contributed by atoms with Crippen LogP contribution in [-0.2, 0) is 0 Å².